The maximum atomic E-state index is 14.4. The minimum atomic E-state index is -2.99. The highest BCUT2D eigenvalue weighted by Crippen LogP contribution is 2.41. The predicted octanol–water partition coefficient (Wildman–Crippen LogP) is 3.02. The van der Waals surface area contributed by atoms with E-state index in [4.69, 9.17) is 10.5 Å². The van der Waals surface area contributed by atoms with Crippen LogP contribution in [0.1, 0.15) is 29.2 Å². The van der Waals surface area contributed by atoms with Crippen molar-refractivity contribution >= 4 is 11.9 Å². The third-order valence-electron chi connectivity index (χ3n) is 5.14. The summed E-state index contributed by atoms with van der Waals surface area (Å²) in [7, 11) is 2.94. The monoisotopic (exact) mass is 445 g/mol. The van der Waals surface area contributed by atoms with Crippen LogP contribution in [0, 0.1) is 17.7 Å². The maximum absolute atomic E-state index is 14.4. The number of nitrogens with zero attached hydrogens (tertiary/aromatic N) is 2. The van der Waals surface area contributed by atoms with Gasteiger partial charge in [-0.15, -0.1) is 0 Å². The van der Waals surface area contributed by atoms with E-state index in [1.165, 1.54) is 49.4 Å². The van der Waals surface area contributed by atoms with Crippen molar-refractivity contribution in [3.63, 3.8) is 0 Å². The Kier molecular flexibility index (Phi) is 6.75. The number of aryl methyl sites for hydroxylation is 1. The van der Waals surface area contributed by atoms with Gasteiger partial charge in [-0.25, -0.2) is 9.38 Å². The van der Waals surface area contributed by atoms with Crippen molar-refractivity contribution in [2.45, 2.75) is 25.5 Å². The predicted molar refractivity (Wildman–Crippen MR) is 113 cm³/mol. The van der Waals surface area contributed by atoms with E-state index in [0.717, 1.165) is 0 Å². The fourth-order valence-electron chi connectivity index (χ4n) is 3.53. The number of ether oxygens (including phenoxy) is 2. The molecule has 1 amide bonds. The number of nitrogens with two attached hydrogens (primary N) is 1. The van der Waals surface area contributed by atoms with E-state index in [1.807, 2.05) is 0 Å². The van der Waals surface area contributed by atoms with Crippen LogP contribution in [-0.4, -0.2) is 44.1 Å². The van der Waals surface area contributed by atoms with Crippen LogP contribution in [0.25, 0.3) is 0 Å². The molecule has 3 rings (SSSR count). The molecule has 0 spiro atoms. The zero-order valence-corrected chi connectivity index (χ0v) is 17.8. The molecule has 2 N–H and O–H groups in total. The zero-order chi connectivity index (χ0) is 23.5. The van der Waals surface area contributed by atoms with Crippen LogP contribution in [0.4, 0.5) is 13.2 Å². The second-order valence-electron chi connectivity index (χ2n) is 7.03. The third kappa shape index (κ3) is 4.14. The molecule has 168 valence electrons. The lowest BCUT2D eigenvalue weighted by Gasteiger charge is -2.27. The van der Waals surface area contributed by atoms with E-state index in [-0.39, 0.29) is 23.9 Å². The Labute approximate surface area is 183 Å². The number of benzene rings is 2. The summed E-state index contributed by atoms with van der Waals surface area (Å²) in [6, 6.07) is 8.47. The average Bonchev–Trinajstić information content (AvgIpc) is 3.00. The van der Waals surface area contributed by atoms with Crippen LogP contribution in [0.15, 0.2) is 41.4 Å². The molecule has 2 aromatic rings. The summed E-state index contributed by atoms with van der Waals surface area (Å²) in [6.45, 7) is -1.11. The molecule has 0 radical (unpaired) electrons. The first-order valence-electron chi connectivity index (χ1n) is 9.74. The van der Waals surface area contributed by atoms with E-state index < -0.39 is 23.9 Å². The zero-order valence-electron chi connectivity index (χ0n) is 17.8. The molecule has 0 aromatic heterocycles. The van der Waals surface area contributed by atoms with Crippen molar-refractivity contribution in [2.24, 2.45) is 10.7 Å². The highest BCUT2D eigenvalue weighted by Gasteiger charge is 2.50. The SMILES string of the molecule is CCc1cc(C2(c3ccc(F)c(C#CCOC)c3)N=C(N)N(C)C2=O)ccc1OC(F)F. The van der Waals surface area contributed by atoms with Gasteiger partial charge in [-0.2, -0.15) is 8.78 Å². The van der Waals surface area contributed by atoms with Gasteiger partial charge in [0, 0.05) is 14.2 Å². The molecule has 0 fully saturated rings. The van der Waals surface area contributed by atoms with Gasteiger partial charge in [-0.3, -0.25) is 9.69 Å². The van der Waals surface area contributed by atoms with E-state index in [0.29, 0.717) is 23.1 Å². The number of amides is 1. The average molecular weight is 445 g/mol. The van der Waals surface area contributed by atoms with Gasteiger partial charge in [0.2, 0.25) is 0 Å². The summed E-state index contributed by atoms with van der Waals surface area (Å²) in [6.07, 6.45) is 0.367. The summed E-state index contributed by atoms with van der Waals surface area (Å²) in [5, 5.41) is 0. The van der Waals surface area contributed by atoms with Crippen LogP contribution in [0.3, 0.4) is 0 Å². The molecule has 9 heteroatoms. The fraction of sp³-hybridized carbons (Fsp3) is 0.304. The first-order chi connectivity index (χ1) is 15.2. The molecule has 6 nitrogen and oxygen atoms in total. The number of carbonyl (C=O) groups is 1. The largest absolute Gasteiger partial charge is 0.435 e. The molecule has 1 heterocycles. The van der Waals surface area contributed by atoms with Crippen LogP contribution >= 0.6 is 0 Å². The molecule has 2 aromatic carbocycles. The number of halogens is 3. The van der Waals surface area contributed by atoms with E-state index >= 15 is 0 Å². The minimum Gasteiger partial charge on any atom is -0.435 e. The van der Waals surface area contributed by atoms with E-state index in [9.17, 15) is 18.0 Å². The smallest absolute Gasteiger partial charge is 0.387 e. The summed E-state index contributed by atoms with van der Waals surface area (Å²) < 4.78 is 49.4. The second-order valence-corrected chi connectivity index (χ2v) is 7.03. The summed E-state index contributed by atoms with van der Waals surface area (Å²) in [4.78, 5) is 19.0. The lowest BCUT2D eigenvalue weighted by molar-refractivity contribution is -0.129. The van der Waals surface area contributed by atoms with E-state index in [1.54, 1.807) is 13.0 Å². The molecule has 1 aliphatic heterocycles. The number of hydrogen-bond donors (Lipinski definition) is 1. The Bertz CT molecular complexity index is 1120. The molecule has 0 bridgehead atoms. The highest BCUT2D eigenvalue weighted by atomic mass is 19.3. The standard InChI is InChI=1S/C23H22F3N3O3/c1-4-14-12-17(8-10-19(14)32-21(25)26)23(20(30)29(2)22(27)28-23)16-7-9-18(24)15(13-16)6-5-11-31-3/h7-10,12-13,21H,4,11H2,1-3H3,(H2,27,28). The Morgan fingerprint density at radius 3 is 2.50 bits per heavy atom. The summed E-state index contributed by atoms with van der Waals surface area (Å²) >= 11 is 0. The van der Waals surface area contributed by atoms with Crippen molar-refractivity contribution in [1.82, 2.24) is 4.90 Å². The highest BCUT2D eigenvalue weighted by molar-refractivity contribution is 6.09. The van der Waals surface area contributed by atoms with Gasteiger partial charge >= 0.3 is 6.61 Å². The molecule has 0 saturated carbocycles. The Balaban J connectivity index is 2.23. The third-order valence-corrected chi connectivity index (χ3v) is 5.14. The van der Waals surface area contributed by atoms with Crippen LogP contribution in [0.5, 0.6) is 5.75 Å². The number of alkyl halides is 2. The molecular weight excluding hydrogens is 423 g/mol. The summed E-state index contributed by atoms with van der Waals surface area (Å²) in [5.41, 5.74) is 5.57. The van der Waals surface area contributed by atoms with Gasteiger partial charge in [0.25, 0.3) is 5.91 Å². The number of guanidine groups is 1. The van der Waals surface area contributed by atoms with Gasteiger partial charge in [-0.1, -0.05) is 30.9 Å². The van der Waals surface area contributed by atoms with Crippen molar-refractivity contribution in [2.75, 3.05) is 20.8 Å². The lowest BCUT2D eigenvalue weighted by atomic mass is 9.81. The number of aliphatic imine (C=N–C) groups is 1. The van der Waals surface area contributed by atoms with Crippen molar-refractivity contribution in [1.29, 1.82) is 0 Å². The van der Waals surface area contributed by atoms with Crippen molar-refractivity contribution in [3.8, 4) is 17.6 Å². The molecule has 0 saturated heterocycles. The second kappa shape index (κ2) is 9.32. The van der Waals surface area contributed by atoms with Crippen molar-refractivity contribution in [3.05, 3.63) is 64.5 Å². The molecular formula is C23H22F3N3O3. The van der Waals surface area contributed by atoms with Gasteiger partial charge in [0.1, 0.15) is 18.2 Å². The molecule has 1 atom stereocenters. The van der Waals surface area contributed by atoms with Crippen LogP contribution in [-0.2, 0) is 21.5 Å². The normalized spacial score (nSPS) is 17.9. The molecule has 1 unspecified atom stereocenters. The first kappa shape index (κ1) is 23.2. The molecule has 1 aliphatic rings. The first-order valence-corrected chi connectivity index (χ1v) is 9.74. The number of carbonyl (C=O) groups excluding carboxylic acids is 1. The Morgan fingerprint density at radius 2 is 1.91 bits per heavy atom. The van der Waals surface area contributed by atoms with E-state index in [2.05, 4.69) is 21.6 Å². The van der Waals surface area contributed by atoms with Gasteiger partial charge in [-0.05, 0) is 47.4 Å². The van der Waals surface area contributed by atoms with Gasteiger partial charge in [0.05, 0.1) is 5.56 Å². The number of rotatable bonds is 6. The van der Waals surface area contributed by atoms with Crippen molar-refractivity contribution < 1.29 is 27.4 Å². The van der Waals surface area contributed by atoms with Crippen LogP contribution in [0.2, 0.25) is 0 Å². The molecule has 0 aliphatic carbocycles. The number of methoxy groups -OCH3 is 1. The number of likely N-dealkylation sites (N-methyl/N-ethyl adjacent to an activating group) is 1. The van der Waals surface area contributed by atoms with Gasteiger partial charge in [0.15, 0.2) is 11.5 Å². The quantitative estimate of drug-likeness (QED) is 0.694. The lowest BCUT2D eigenvalue weighted by Crippen LogP contribution is -2.41. The fourth-order valence-corrected chi connectivity index (χ4v) is 3.53. The Morgan fingerprint density at radius 1 is 1.22 bits per heavy atom. The topological polar surface area (TPSA) is 77.2 Å². The molecule has 32 heavy (non-hydrogen) atoms. The summed E-state index contributed by atoms with van der Waals surface area (Å²) in [5.74, 6) is 4.29. The van der Waals surface area contributed by atoms with Gasteiger partial charge < -0.3 is 15.2 Å². The minimum absolute atomic E-state index is 0.00220. The Hall–Kier alpha value is -3.51. The maximum Gasteiger partial charge on any atom is 0.387 e. The van der Waals surface area contributed by atoms with Crippen LogP contribution < -0.4 is 10.5 Å². The number of hydrogen-bond acceptors (Lipinski definition) is 5.